The van der Waals surface area contributed by atoms with Crippen molar-refractivity contribution in [1.29, 1.82) is 0 Å². The molecule has 2 aromatic heterocycles. The number of hydrogen-bond donors (Lipinski definition) is 0. The van der Waals surface area contributed by atoms with Gasteiger partial charge in [0, 0.05) is 11.5 Å². The van der Waals surface area contributed by atoms with Gasteiger partial charge in [-0.2, -0.15) is 0 Å². The fourth-order valence-corrected chi connectivity index (χ4v) is 3.09. The normalized spacial score (nSPS) is 11.5. The van der Waals surface area contributed by atoms with E-state index in [1.54, 1.807) is 12.1 Å². The number of hydrogen-bond acceptors (Lipinski definition) is 5. The average Bonchev–Trinajstić information content (AvgIpc) is 2.88. The lowest BCUT2D eigenvalue weighted by Gasteiger charge is -1.90. The molecule has 0 unspecified atom stereocenters. The van der Waals surface area contributed by atoms with Crippen molar-refractivity contribution >= 4 is 21.2 Å². The molecule has 0 spiro atoms. The number of aromatic nitrogens is 1. The first-order valence-corrected chi connectivity index (χ1v) is 6.38. The average molecular weight is 241 g/mol. The molecule has 0 aromatic carbocycles. The van der Waals surface area contributed by atoms with Gasteiger partial charge in [0.05, 0.1) is 4.88 Å². The highest BCUT2D eigenvalue weighted by Gasteiger charge is 2.14. The van der Waals surface area contributed by atoms with Gasteiger partial charge in [-0.3, -0.25) is 0 Å². The molecule has 2 rings (SSSR count). The summed E-state index contributed by atoms with van der Waals surface area (Å²) in [5.74, 6) is 0. The fraction of sp³-hybridized carbons (Fsp3) is 0. The quantitative estimate of drug-likeness (QED) is 0.827. The minimum Gasteiger partial charge on any atom is -0.364 e. The number of nitrogens with zero attached hydrogens (tertiary/aromatic N) is 1. The second-order valence-electron chi connectivity index (χ2n) is 2.72. The molecule has 0 aliphatic rings. The molecule has 4 nitrogen and oxygen atoms in total. The van der Waals surface area contributed by atoms with Crippen molar-refractivity contribution in [3.8, 4) is 10.6 Å². The summed E-state index contributed by atoms with van der Waals surface area (Å²) in [5, 5.41) is 4.66. The molecular formula is C9H7NO3S2. The zero-order chi connectivity index (χ0) is 10.9. The molecule has 0 fully saturated rings. The maximum Gasteiger partial charge on any atom is 0.208 e. The largest absolute Gasteiger partial charge is 0.364 e. The molecule has 2 aromatic rings. The van der Waals surface area contributed by atoms with Gasteiger partial charge in [0.1, 0.15) is 16.2 Å². The molecule has 0 atom stereocenters. The lowest BCUT2D eigenvalue weighted by Crippen LogP contribution is -1.90. The van der Waals surface area contributed by atoms with Crippen molar-refractivity contribution in [2.24, 2.45) is 0 Å². The van der Waals surface area contributed by atoms with E-state index < -0.39 is 9.84 Å². The summed E-state index contributed by atoms with van der Waals surface area (Å²) in [5.41, 5.74) is 0.630. The first-order valence-electron chi connectivity index (χ1n) is 4.01. The van der Waals surface area contributed by atoms with Crippen molar-refractivity contribution in [2.45, 2.75) is 4.21 Å². The van der Waals surface area contributed by atoms with Gasteiger partial charge in [0.15, 0.2) is 0 Å². The number of rotatable bonds is 3. The van der Waals surface area contributed by atoms with Crippen LogP contribution >= 0.6 is 11.3 Å². The zero-order valence-corrected chi connectivity index (χ0v) is 9.22. The molecule has 2 heterocycles. The van der Waals surface area contributed by atoms with Gasteiger partial charge in [-0.15, -0.1) is 11.3 Å². The van der Waals surface area contributed by atoms with E-state index in [0.29, 0.717) is 5.69 Å². The van der Waals surface area contributed by atoms with Crippen LogP contribution in [0.1, 0.15) is 0 Å². The van der Waals surface area contributed by atoms with Gasteiger partial charge in [-0.1, -0.05) is 11.7 Å². The van der Waals surface area contributed by atoms with Crippen LogP contribution in [0.3, 0.4) is 0 Å². The summed E-state index contributed by atoms with van der Waals surface area (Å²) in [6.07, 6.45) is 1.44. The maximum absolute atomic E-state index is 11.4. The summed E-state index contributed by atoms with van der Waals surface area (Å²) >= 11 is 1.14. The Balaban J connectivity index is 2.46. The minimum atomic E-state index is -3.34. The molecular weight excluding hydrogens is 234 g/mol. The van der Waals surface area contributed by atoms with Crippen molar-refractivity contribution in [3.63, 3.8) is 0 Å². The van der Waals surface area contributed by atoms with Crippen LogP contribution in [-0.4, -0.2) is 13.6 Å². The molecule has 15 heavy (non-hydrogen) atoms. The first kappa shape index (κ1) is 10.1. The molecule has 0 saturated carbocycles. The predicted molar refractivity (Wildman–Crippen MR) is 57.2 cm³/mol. The standard InChI is InChI=1S/C9H7NO3S2/c1-2-15(11,12)9-4-3-8(14-9)7-5-6-13-10-7/h2-6H,1H2. The molecule has 0 radical (unpaired) electrons. The highest BCUT2D eigenvalue weighted by molar-refractivity contribution is 7.96. The van der Waals surface area contributed by atoms with Crippen LogP contribution in [0.4, 0.5) is 0 Å². The lowest BCUT2D eigenvalue weighted by atomic mass is 10.3. The summed E-state index contributed by atoms with van der Waals surface area (Å²) in [6, 6.07) is 4.90. The highest BCUT2D eigenvalue weighted by atomic mass is 32.2. The Morgan fingerprint density at radius 1 is 1.40 bits per heavy atom. The Morgan fingerprint density at radius 2 is 2.20 bits per heavy atom. The third kappa shape index (κ3) is 1.86. The summed E-state index contributed by atoms with van der Waals surface area (Å²) < 4.78 is 27.8. The molecule has 0 aliphatic heterocycles. The van der Waals surface area contributed by atoms with E-state index >= 15 is 0 Å². The van der Waals surface area contributed by atoms with Gasteiger partial charge in [0.25, 0.3) is 0 Å². The second kappa shape index (κ2) is 3.63. The van der Waals surface area contributed by atoms with E-state index in [1.807, 2.05) is 0 Å². The van der Waals surface area contributed by atoms with E-state index in [4.69, 9.17) is 0 Å². The molecule has 0 N–H and O–H groups in total. The van der Waals surface area contributed by atoms with Gasteiger partial charge in [0.2, 0.25) is 9.84 Å². The third-order valence-electron chi connectivity index (χ3n) is 1.77. The number of thiophene rings is 1. The Morgan fingerprint density at radius 3 is 2.80 bits per heavy atom. The fourth-order valence-electron chi connectivity index (χ4n) is 1.03. The van der Waals surface area contributed by atoms with Crippen LogP contribution in [0, 0.1) is 0 Å². The molecule has 0 bridgehead atoms. The van der Waals surface area contributed by atoms with Crippen LogP contribution in [0.2, 0.25) is 0 Å². The van der Waals surface area contributed by atoms with E-state index in [-0.39, 0.29) is 4.21 Å². The monoisotopic (exact) mass is 241 g/mol. The predicted octanol–water partition coefficient (Wildman–Crippen LogP) is 2.32. The van der Waals surface area contributed by atoms with Gasteiger partial charge in [-0.25, -0.2) is 8.42 Å². The smallest absolute Gasteiger partial charge is 0.208 e. The van der Waals surface area contributed by atoms with Crippen LogP contribution in [0.15, 0.2) is 45.2 Å². The minimum absolute atomic E-state index is 0.260. The lowest BCUT2D eigenvalue weighted by molar-refractivity contribution is 0.422. The van der Waals surface area contributed by atoms with E-state index in [1.165, 1.54) is 12.3 Å². The Bertz CT molecular complexity index is 566. The third-order valence-corrected chi connectivity index (χ3v) is 4.76. The van der Waals surface area contributed by atoms with Crippen LogP contribution < -0.4 is 0 Å². The SMILES string of the molecule is C=CS(=O)(=O)c1ccc(-c2ccon2)s1. The van der Waals surface area contributed by atoms with E-state index in [9.17, 15) is 8.42 Å². The van der Waals surface area contributed by atoms with Crippen molar-refractivity contribution in [2.75, 3.05) is 0 Å². The van der Waals surface area contributed by atoms with Crippen molar-refractivity contribution in [3.05, 3.63) is 36.4 Å². The molecule has 0 amide bonds. The highest BCUT2D eigenvalue weighted by Crippen LogP contribution is 2.30. The van der Waals surface area contributed by atoms with Crippen molar-refractivity contribution < 1.29 is 12.9 Å². The van der Waals surface area contributed by atoms with E-state index in [2.05, 4.69) is 16.3 Å². The first-order chi connectivity index (χ1) is 7.13. The van der Waals surface area contributed by atoms with E-state index in [0.717, 1.165) is 21.6 Å². The molecule has 0 saturated heterocycles. The van der Waals surface area contributed by atoms with Gasteiger partial charge < -0.3 is 4.52 Å². The summed E-state index contributed by atoms with van der Waals surface area (Å²) in [6.45, 7) is 3.27. The molecule has 78 valence electrons. The topological polar surface area (TPSA) is 60.2 Å². The van der Waals surface area contributed by atoms with Gasteiger partial charge in [-0.05, 0) is 12.1 Å². The van der Waals surface area contributed by atoms with Crippen molar-refractivity contribution in [1.82, 2.24) is 5.16 Å². The van der Waals surface area contributed by atoms with Crippen LogP contribution in [0.25, 0.3) is 10.6 Å². The zero-order valence-electron chi connectivity index (χ0n) is 7.58. The Hall–Kier alpha value is -1.40. The van der Waals surface area contributed by atoms with Crippen LogP contribution in [0.5, 0.6) is 0 Å². The Labute approximate surface area is 90.8 Å². The summed E-state index contributed by atoms with van der Waals surface area (Å²) in [7, 11) is -3.34. The molecule has 6 heteroatoms. The second-order valence-corrected chi connectivity index (χ2v) is 5.92. The maximum atomic E-state index is 11.4. The van der Waals surface area contributed by atoms with Gasteiger partial charge >= 0.3 is 0 Å². The van der Waals surface area contributed by atoms with Crippen LogP contribution in [-0.2, 0) is 9.84 Å². The Kier molecular flexibility index (Phi) is 2.45. The molecule has 0 aliphatic carbocycles. The number of sulfone groups is 1. The summed E-state index contributed by atoms with van der Waals surface area (Å²) in [4.78, 5) is 0.754.